The van der Waals surface area contributed by atoms with Gasteiger partial charge in [-0.3, -0.25) is 0 Å². The minimum atomic E-state index is 0.205. The first-order valence-electron chi connectivity index (χ1n) is 5.79. The highest BCUT2D eigenvalue weighted by Crippen LogP contribution is 2.28. The first kappa shape index (κ1) is 12.8. The third kappa shape index (κ3) is 2.79. The fraction of sp³-hybridized carbons (Fsp3) is 0.231. The number of nitrogens with zero attached hydrogens (tertiary/aromatic N) is 2. The first-order valence-corrected chi connectivity index (χ1v) is 6.59. The van der Waals surface area contributed by atoms with Crippen LogP contribution in [-0.2, 0) is 0 Å². The molecule has 0 fully saturated rings. The maximum Gasteiger partial charge on any atom is 0.146 e. The van der Waals surface area contributed by atoms with Gasteiger partial charge in [-0.05, 0) is 27.9 Å². The Morgan fingerprint density at radius 1 is 1.28 bits per heavy atom. The van der Waals surface area contributed by atoms with Gasteiger partial charge in [0.15, 0.2) is 0 Å². The molecule has 0 aliphatic heterocycles. The molecule has 5 heteroatoms. The van der Waals surface area contributed by atoms with Gasteiger partial charge in [0.2, 0.25) is 0 Å². The maximum absolute atomic E-state index is 5.74. The summed E-state index contributed by atoms with van der Waals surface area (Å²) in [4.78, 5) is 8.13. The molecule has 0 bridgehead atoms. The van der Waals surface area contributed by atoms with Crippen LogP contribution in [0.2, 0.25) is 0 Å². The molecule has 1 atom stereocenters. The van der Waals surface area contributed by atoms with Crippen molar-refractivity contribution in [1.29, 1.82) is 0 Å². The van der Waals surface area contributed by atoms with E-state index < -0.39 is 0 Å². The number of anilines is 2. The van der Waals surface area contributed by atoms with Crippen molar-refractivity contribution in [3.63, 3.8) is 0 Å². The lowest BCUT2D eigenvalue weighted by atomic mass is 10.0. The van der Waals surface area contributed by atoms with Crippen LogP contribution in [0.5, 0.6) is 0 Å². The Balaban J connectivity index is 2.24. The number of hydrogen-bond acceptors (Lipinski definition) is 4. The molecule has 0 amide bonds. The standard InChI is InChI=1S/C13H15BrN4/c1-2-10(9-6-4-3-5-7-9)18-13-11(14)12(15)16-8-17-13/h3-8,10H,2H2,1H3,(H3,15,16,17,18). The largest absolute Gasteiger partial charge is 0.383 e. The van der Waals surface area contributed by atoms with E-state index in [-0.39, 0.29) is 6.04 Å². The fourth-order valence-electron chi connectivity index (χ4n) is 1.76. The Labute approximate surface area is 115 Å². The molecule has 2 rings (SSSR count). The molecular formula is C13H15BrN4. The van der Waals surface area contributed by atoms with E-state index in [2.05, 4.69) is 50.3 Å². The van der Waals surface area contributed by atoms with E-state index >= 15 is 0 Å². The lowest BCUT2D eigenvalue weighted by Gasteiger charge is -2.19. The van der Waals surface area contributed by atoms with Gasteiger partial charge in [0.1, 0.15) is 22.4 Å². The van der Waals surface area contributed by atoms with Crippen LogP contribution in [0.25, 0.3) is 0 Å². The monoisotopic (exact) mass is 306 g/mol. The SMILES string of the molecule is CCC(Nc1ncnc(N)c1Br)c1ccccc1. The Hall–Kier alpha value is -1.62. The van der Waals surface area contributed by atoms with Crippen LogP contribution in [0.3, 0.4) is 0 Å². The summed E-state index contributed by atoms with van der Waals surface area (Å²) in [7, 11) is 0. The Bertz CT molecular complexity index is 516. The van der Waals surface area contributed by atoms with Crippen LogP contribution in [0.1, 0.15) is 24.9 Å². The van der Waals surface area contributed by atoms with Crippen molar-refractivity contribution >= 4 is 27.6 Å². The van der Waals surface area contributed by atoms with E-state index in [4.69, 9.17) is 5.73 Å². The number of hydrogen-bond donors (Lipinski definition) is 2. The summed E-state index contributed by atoms with van der Waals surface area (Å²) >= 11 is 3.40. The van der Waals surface area contributed by atoms with E-state index in [1.807, 2.05) is 18.2 Å². The molecule has 2 aromatic rings. The molecule has 1 heterocycles. The Kier molecular flexibility index (Phi) is 4.15. The quantitative estimate of drug-likeness (QED) is 0.909. The van der Waals surface area contributed by atoms with Crippen LogP contribution in [0.15, 0.2) is 41.1 Å². The number of nitrogens with one attached hydrogen (secondary N) is 1. The molecule has 0 radical (unpaired) electrons. The molecule has 0 saturated heterocycles. The molecule has 1 unspecified atom stereocenters. The number of benzene rings is 1. The Morgan fingerprint density at radius 2 is 2.00 bits per heavy atom. The summed E-state index contributed by atoms with van der Waals surface area (Å²) in [5.74, 6) is 1.16. The number of rotatable bonds is 4. The van der Waals surface area contributed by atoms with E-state index in [9.17, 15) is 0 Å². The normalized spacial score (nSPS) is 12.1. The molecule has 0 aliphatic rings. The van der Waals surface area contributed by atoms with Crippen molar-refractivity contribution < 1.29 is 0 Å². The molecular weight excluding hydrogens is 292 g/mol. The van der Waals surface area contributed by atoms with E-state index in [1.54, 1.807) is 0 Å². The van der Waals surface area contributed by atoms with Crippen molar-refractivity contribution in [1.82, 2.24) is 9.97 Å². The molecule has 4 nitrogen and oxygen atoms in total. The molecule has 0 aliphatic carbocycles. The summed E-state index contributed by atoms with van der Waals surface area (Å²) in [5.41, 5.74) is 6.96. The summed E-state index contributed by atoms with van der Waals surface area (Å²) in [5, 5.41) is 3.38. The van der Waals surface area contributed by atoms with Gasteiger partial charge in [0.25, 0.3) is 0 Å². The molecule has 18 heavy (non-hydrogen) atoms. The van der Waals surface area contributed by atoms with Crippen LogP contribution in [-0.4, -0.2) is 9.97 Å². The number of halogens is 1. The Morgan fingerprint density at radius 3 is 2.67 bits per heavy atom. The van der Waals surface area contributed by atoms with Gasteiger partial charge >= 0.3 is 0 Å². The minimum absolute atomic E-state index is 0.205. The van der Waals surface area contributed by atoms with Crippen LogP contribution >= 0.6 is 15.9 Å². The molecule has 3 N–H and O–H groups in total. The van der Waals surface area contributed by atoms with Crippen LogP contribution < -0.4 is 11.1 Å². The molecule has 1 aromatic carbocycles. The summed E-state index contributed by atoms with van der Waals surface area (Å²) in [6.45, 7) is 2.13. The predicted octanol–water partition coefficient (Wildman–Crippen LogP) is 3.38. The van der Waals surface area contributed by atoms with Crippen molar-refractivity contribution in [2.45, 2.75) is 19.4 Å². The van der Waals surface area contributed by atoms with Gasteiger partial charge in [-0.15, -0.1) is 0 Å². The summed E-state index contributed by atoms with van der Waals surface area (Å²) in [6.07, 6.45) is 2.42. The summed E-state index contributed by atoms with van der Waals surface area (Å²) < 4.78 is 0.708. The lowest BCUT2D eigenvalue weighted by Crippen LogP contribution is -2.12. The van der Waals surface area contributed by atoms with Crippen molar-refractivity contribution in [3.8, 4) is 0 Å². The average molecular weight is 307 g/mol. The van der Waals surface area contributed by atoms with Gasteiger partial charge < -0.3 is 11.1 Å². The second kappa shape index (κ2) is 5.82. The molecule has 94 valence electrons. The highest BCUT2D eigenvalue weighted by molar-refractivity contribution is 9.10. The second-order valence-corrected chi connectivity index (χ2v) is 4.73. The predicted molar refractivity (Wildman–Crippen MR) is 77.2 cm³/mol. The number of nitrogens with two attached hydrogens (primary N) is 1. The van der Waals surface area contributed by atoms with Crippen molar-refractivity contribution in [3.05, 3.63) is 46.7 Å². The highest BCUT2D eigenvalue weighted by Gasteiger charge is 2.12. The first-order chi connectivity index (χ1) is 8.72. The zero-order valence-corrected chi connectivity index (χ0v) is 11.7. The maximum atomic E-state index is 5.74. The summed E-state index contributed by atoms with van der Waals surface area (Å²) in [6, 6.07) is 10.5. The minimum Gasteiger partial charge on any atom is -0.383 e. The zero-order chi connectivity index (χ0) is 13.0. The smallest absolute Gasteiger partial charge is 0.146 e. The van der Waals surface area contributed by atoms with Crippen LogP contribution in [0.4, 0.5) is 11.6 Å². The lowest BCUT2D eigenvalue weighted by molar-refractivity contribution is 0.743. The van der Waals surface area contributed by atoms with Crippen molar-refractivity contribution in [2.24, 2.45) is 0 Å². The molecule has 0 saturated carbocycles. The van der Waals surface area contributed by atoms with E-state index in [0.29, 0.717) is 10.3 Å². The average Bonchev–Trinajstić information content (AvgIpc) is 2.41. The fourth-order valence-corrected chi connectivity index (χ4v) is 2.07. The number of aromatic nitrogens is 2. The topological polar surface area (TPSA) is 63.8 Å². The van der Waals surface area contributed by atoms with Gasteiger partial charge in [-0.2, -0.15) is 0 Å². The highest BCUT2D eigenvalue weighted by atomic mass is 79.9. The van der Waals surface area contributed by atoms with Crippen molar-refractivity contribution in [2.75, 3.05) is 11.1 Å². The number of nitrogen functional groups attached to an aromatic ring is 1. The third-order valence-electron chi connectivity index (χ3n) is 2.74. The van der Waals surface area contributed by atoms with Crippen LogP contribution in [0, 0.1) is 0 Å². The molecule has 0 spiro atoms. The van der Waals surface area contributed by atoms with Gasteiger partial charge in [-0.25, -0.2) is 9.97 Å². The van der Waals surface area contributed by atoms with E-state index in [0.717, 1.165) is 12.2 Å². The van der Waals surface area contributed by atoms with Gasteiger partial charge in [0, 0.05) is 0 Å². The molecule has 1 aromatic heterocycles. The second-order valence-electron chi connectivity index (χ2n) is 3.94. The van der Waals surface area contributed by atoms with Gasteiger partial charge in [0.05, 0.1) is 6.04 Å². The third-order valence-corrected chi connectivity index (χ3v) is 3.52. The zero-order valence-electron chi connectivity index (χ0n) is 10.1. The van der Waals surface area contributed by atoms with E-state index in [1.165, 1.54) is 11.9 Å². The van der Waals surface area contributed by atoms with Gasteiger partial charge in [-0.1, -0.05) is 37.3 Å².